The average molecular weight is 306 g/mol. The molecule has 3 nitrogen and oxygen atoms in total. The molecule has 0 heterocycles. The largest absolute Gasteiger partial charge is 0.446 e. The van der Waals surface area contributed by atoms with Crippen molar-refractivity contribution < 1.29 is 18.0 Å². The lowest BCUT2D eigenvalue weighted by molar-refractivity contribution is -0.119. The Kier molecular flexibility index (Phi) is 6.35. The zero-order chi connectivity index (χ0) is 15.2. The maximum Gasteiger partial charge on any atom is 0.446 e. The van der Waals surface area contributed by atoms with Gasteiger partial charge in [0.1, 0.15) is 0 Å². The molecule has 0 bridgehead atoms. The van der Waals surface area contributed by atoms with Gasteiger partial charge in [0.05, 0.1) is 0 Å². The molecule has 1 aromatic carbocycles. The number of nitrogens with two attached hydrogens (primary N) is 1. The van der Waals surface area contributed by atoms with Crippen LogP contribution in [0.4, 0.5) is 18.9 Å². The number of thioether (sulfide) groups is 1. The molecule has 1 rings (SSSR count). The Morgan fingerprint density at radius 3 is 2.45 bits per heavy atom. The molecule has 0 saturated heterocycles. The van der Waals surface area contributed by atoms with E-state index in [2.05, 4.69) is 5.32 Å². The number of hydrogen-bond donors (Lipinski definition) is 2. The molecule has 3 N–H and O–H groups in total. The minimum absolute atomic E-state index is 0.0895. The fourth-order valence-electron chi connectivity index (χ4n) is 1.56. The fraction of sp³-hybridized carbons (Fsp3) is 0.462. The Balaban J connectivity index is 2.55. The summed E-state index contributed by atoms with van der Waals surface area (Å²) in [6.45, 7) is 2.32. The number of anilines is 1. The van der Waals surface area contributed by atoms with Crippen molar-refractivity contribution >= 4 is 23.4 Å². The highest BCUT2D eigenvalue weighted by Crippen LogP contribution is 2.37. The molecule has 1 amide bonds. The van der Waals surface area contributed by atoms with Crippen molar-refractivity contribution in [3.63, 3.8) is 0 Å². The van der Waals surface area contributed by atoms with Crippen LogP contribution in [0.2, 0.25) is 0 Å². The van der Waals surface area contributed by atoms with E-state index in [4.69, 9.17) is 5.73 Å². The summed E-state index contributed by atoms with van der Waals surface area (Å²) in [6.07, 6.45) is 1.44. The Morgan fingerprint density at radius 1 is 1.35 bits per heavy atom. The molecule has 20 heavy (non-hydrogen) atoms. The zero-order valence-corrected chi connectivity index (χ0v) is 11.9. The first-order valence-electron chi connectivity index (χ1n) is 6.18. The van der Waals surface area contributed by atoms with Crippen LogP contribution < -0.4 is 11.1 Å². The van der Waals surface area contributed by atoms with Gasteiger partial charge in [-0.25, -0.2) is 0 Å². The quantitative estimate of drug-likeness (QED) is 0.789. The summed E-state index contributed by atoms with van der Waals surface area (Å²) in [5.41, 5.74) is 1.55. The van der Waals surface area contributed by atoms with Gasteiger partial charge in [-0.3, -0.25) is 4.79 Å². The molecule has 112 valence electrons. The Bertz CT molecular complexity index is 434. The van der Waals surface area contributed by atoms with Crippen LogP contribution in [0.5, 0.6) is 0 Å². The molecule has 0 fully saturated rings. The first-order chi connectivity index (χ1) is 9.31. The van der Waals surface area contributed by atoms with Crippen LogP contribution in [-0.4, -0.2) is 18.0 Å². The number of benzene rings is 1. The van der Waals surface area contributed by atoms with Crippen LogP contribution in [0.3, 0.4) is 0 Å². The smallest absolute Gasteiger partial charge is 0.330 e. The lowest BCUT2D eigenvalue weighted by atomic mass is 10.0. The van der Waals surface area contributed by atoms with Gasteiger partial charge in [-0.2, -0.15) is 13.2 Å². The lowest BCUT2D eigenvalue weighted by Gasteiger charge is -2.12. The number of rotatable bonds is 6. The highest BCUT2D eigenvalue weighted by Gasteiger charge is 2.29. The predicted octanol–water partition coefficient (Wildman–Crippen LogP) is 3.61. The lowest BCUT2D eigenvalue weighted by Crippen LogP contribution is -2.21. The topological polar surface area (TPSA) is 55.1 Å². The standard InChI is InChI=1S/C13H17F3N2OS/c1-9(3-2-8-17)12(19)18-10-4-6-11(7-5-10)20-13(14,15)16/h4-7,9H,2-3,8,17H2,1H3,(H,18,19). The van der Waals surface area contributed by atoms with E-state index >= 15 is 0 Å². The SMILES string of the molecule is CC(CCCN)C(=O)Nc1ccc(SC(F)(F)F)cc1. The maximum atomic E-state index is 12.2. The summed E-state index contributed by atoms with van der Waals surface area (Å²) < 4.78 is 36.5. The van der Waals surface area contributed by atoms with Crippen LogP contribution in [0.15, 0.2) is 29.2 Å². The van der Waals surface area contributed by atoms with E-state index in [-0.39, 0.29) is 28.5 Å². The van der Waals surface area contributed by atoms with Gasteiger partial charge >= 0.3 is 5.51 Å². The third kappa shape index (κ3) is 6.29. The third-order valence-electron chi connectivity index (χ3n) is 2.64. The predicted molar refractivity (Wildman–Crippen MR) is 74.4 cm³/mol. The molecule has 1 atom stereocenters. The third-order valence-corrected chi connectivity index (χ3v) is 3.38. The first kappa shape index (κ1) is 16.8. The number of hydrogen-bond acceptors (Lipinski definition) is 3. The minimum Gasteiger partial charge on any atom is -0.330 e. The van der Waals surface area contributed by atoms with Crippen molar-refractivity contribution in [3.8, 4) is 0 Å². The molecule has 0 aliphatic carbocycles. The molecule has 0 aromatic heterocycles. The minimum atomic E-state index is -4.30. The summed E-state index contributed by atoms with van der Waals surface area (Å²) in [5.74, 6) is -0.336. The van der Waals surface area contributed by atoms with E-state index in [1.165, 1.54) is 24.3 Å². The Hall–Kier alpha value is -1.21. The normalized spacial score (nSPS) is 13.1. The Morgan fingerprint density at radius 2 is 1.95 bits per heavy atom. The van der Waals surface area contributed by atoms with E-state index in [1.54, 1.807) is 6.92 Å². The highest BCUT2D eigenvalue weighted by molar-refractivity contribution is 8.00. The van der Waals surface area contributed by atoms with Crippen LogP contribution in [-0.2, 0) is 4.79 Å². The molecule has 0 radical (unpaired) electrons. The van der Waals surface area contributed by atoms with Gasteiger partial charge < -0.3 is 11.1 Å². The van der Waals surface area contributed by atoms with Crippen molar-refractivity contribution in [2.45, 2.75) is 30.2 Å². The van der Waals surface area contributed by atoms with Gasteiger partial charge in [0.2, 0.25) is 5.91 Å². The fourth-order valence-corrected chi connectivity index (χ4v) is 2.10. The zero-order valence-electron chi connectivity index (χ0n) is 11.0. The number of amides is 1. The monoisotopic (exact) mass is 306 g/mol. The number of alkyl halides is 3. The first-order valence-corrected chi connectivity index (χ1v) is 7.00. The number of carbonyl (C=O) groups is 1. The second-order valence-corrected chi connectivity index (χ2v) is 5.53. The van der Waals surface area contributed by atoms with Crippen LogP contribution in [0.1, 0.15) is 19.8 Å². The van der Waals surface area contributed by atoms with Crippen molar-refractivity contribution in [2.75, 3.05) is 11.9 Å². The second kappa shape index (κ2) is 7.54. The molecular formula is C13H17F3N2OS. The Labute approximate surface area is 120 Å². The van der Waals surface area contributed by atoms with Crippen LogP contribution in [0, 0.1) is 5.92 Å². The van der Waals surface area contributed by atoms with E-state index in [0.717, 1.165) is 6.42 Å². The molecule has 1 unspecified atom stereocenters. The molecular weight excluding hydrogens is 289 g/mol. The van der Waals surface area contributed by atoms with Gasteiger partial charge in [0, 0.05) is 16.5 Å². The highest BCUT2D eigenvalue weighted by atomic mass is 32.2. The van der Waals surface area contributed by atoms with Crippen molar-refractivity contribution in [3.05, 3.63) is 24.3 Å². The van der Waals surface area contributed by atoms with Crippen LogP contribution in [0.25, 0.3) is 0 Å². The summed E-state index contributed by atoms with van der Waals surface area (Å²) in [6, 6.07) is 5.58. The van der Waals surface area contributed by atoms with Gasteiger partial charge in [0.25, 0.3) is 0 Å². The molecule has 0 aliphatic heterocycles. The summed E-state index contributed by atoms with van der Waals surface area (Å²) in [4.78, 5) is 11.9. The van der Waals surface area contributed by atoms with E-state index < -0.39 is 5.51 Å². The molecule has 0 aliphatic rings. The summed E-state index contributed by atoms with van der Waals surface area (Å²) in [7, 11) is 0. The van der Waals surface area contributed by atoms with Gasteiger partial charge in [-0.15, -0.1) is 0 Å². The number of carbonyl (C=O) groups excluding carboxylic acids is 1. The van der Waals surface area contributed by atoms with Gasteiger partial charge in [-0.05, 0) is 55.4 Å². The maximum absolute atomic E-state index is 12.2. The number of halogens is 3. The van der Waals surface area contributed by atoms with Crippen molar-refractivity contribution in [2.24, 2.45) is 11.7 Å². The van der Waals surface area contributed by atoms with Crippen molar-refractivity contribution in [1.82, 2.24) is 0 Å². The van der Waals surface area contributed by atoms with E-state index in [0.29, 0.717) is 18.7 Å². The summed E-state index contributed by atoms with van der Waals surface area (Å²) >= 11 is -0.181. The van der Waals surface area contributed by atoms with Crippen LogP contribution >= 0.6 is 11.8 Å². The van der Waals surface area contributed by atoms with Gasteiger partial charge in [0.15, 0.2) is 0 Å². The average Bonchev–Trinajstić information content (AvgIpc) is 2.36. The number of nitrogens with one attached hydrogen (secondary N) is 1. The molecule has 1 aromatic rings. The van der Waals surface area contributed by atoms with E-state index in [1.807, 2.05) is 0 Å². The van der Waals surface area contributed by atoms with E-state index in [9.17, 15) is 18.0 Å². The second-order valence-electron chi connectivity index (χ2n) is 4.39. The molecule has 0 spiro atoms. The van der Waals surface area contributed by atoms with Gasteiger partial charge in [-0.1, -0.05) is 6.92 Å². The molecule has 7 heteroatoms. The summed E-state index contributed by atoms with van der Waals surface area (Å²) in [5, 5.41) is 2.67. The van der Waals surface area contributed by atoms with Crippen molar-refractivity contribution in [1.29, 1.82) is 0 Å². The molecule has 0 saturated carbocycles.